The number of carbonyl (C=O) groups is 2. The van der Waals surface area contributed by atoms with Crippen LogP contribution in [0.15, 0.2) is 36.5 Å². The van der Waals surface area contributed by atoms with Crippen LogP contribution in [0, 0.1) is 23.2 Å². The summed E-state index contributed by atoms with van der Waals surface area (Å²) in [6.07, 6.45) is 2.72. The number of nitrogens with one attached hydrogen (secondary N) is 1. The van der Waals surface area contributed by atoms with E-state index in [0.717, 1.165) is 5.69 Å². The lowest BCUT2D eigenvalue weighted by Gasteiger charge is -2.30. The molecule has 134 valence electrons. The Hall–Kier alpha value is -3.34. The molecule has 1 aromatic carbocycles. The Morgan fingerprint density at radius 3 is 2.65 bits per heavy atom. The maximum Gasteiger partial charge on any atom is 0.306 e. The quantitative estimate of drug-likeness (QED) is 0.755. The van der Waals surface area contributed by atoms with Crippen molar-refractivity contribution in [2.75, 3.05) is 5.32 Å². The molecule has 1 aliphatic carbocycles. The molecule has 26 heavy (non-hydrogen) atoms. The summed E-state index contributed by atoms with van der Waals surface area (Å²) in [4.78, 5) is 23.2. The molecule has 0 bridgehead atoms. The molecule has 1 saturated carbocycles. The molecular weight excluding hydrogens is 334 g/mol. The number of nitriles is 1. The van der Waals surface area contributed by atoms with Gasteiger partial charge in [-0.15, -0.1) is 0 Å². The monoisotopic (exact) mass is 353 g/mol. The summed E-state index contributed by atoms with van der Waals surface area (Å²) in [6.45, 7) is 0. The summed E-state index contributed by atoms with van der Waals surface area (Å²) in [7, 11) is 0. The Balaban J connectivity index is 1.94. The second-order valence-corrected chi connectivity index (χ2v) is 6.38. The van der Waals surface area contributed by atoms with Crippen molar-refractivity contribution in [3.63, 3.8) is 0 Å². The van der Waals surface area contributed by atoms with Gasteiger partial charge in [-0.2, -0.15) is 10.4 Å². The minimum absolute atomic E-state index is 0.197. The summed E-state index contributed by atoms with van der Waals surface area (Å²) in [5.74, 6) is -2.13. The fourth-order valence-electron chi connectivity index (χ4n) is 3.31. The number of nitrogens with two attached hydrogens (primary N) is 1. The van der Waals surface area contributed by atoms with E-state index in [9.17, 15) is 20.0 Å². The van der Waals surface area contributed by atoms with Crippen LogP contribution in [0.3, 0.4) is 0 Å². The Labute approximate surface area is 150 Å². The van der Waals surface area contributed by atoms with Crippen molar-refractivity contribution in [3.8, 4) is 6.07 Å². The zero-order chi connectivity index (χ0) is 18.7. The lowest BCUT2D eigenvalue weighted by atomic mass is 9.79. The van der Waals surface area contributed by atoms with E-state index in [2.05, 4.69) is 16.5 Å². The number of para-hydroxylation sites is 1. The van der Waals surface area contributed by atoms with Crippen LogP contribution in [0.2, 0.25) is 0 Å². The smallest absolute Gasteiger partial charge is 0.306 e. The van der Waals surface area contributed by atoms with Gasteiger partial charge in [-0.25, -0.2) is 0 Å². The molecule has 2 aromatic rings. The Morgan fingerprint density at radius 1 is 1.31 bits per heavy atom. The fourth-order valence-corrected chi connectivity index (χ4v) is 3.31. The highest BCUT2D eigenvalue weighted by atomic mass is 16.4. The third-order valence-corrected chi connectivity index (χ3v) is 4.71. The topological polar surface area (TPSA) is 134 Å². The number of hydrogen-bond donors (Lipinski definition) is 3. The predicted octanol–water partition coefficient (Wildman–Crippen LogP) is 2.29. The zero-order valence-corrected chi connectivity index (χ0v) is 14.0. The Bertz CT molecular complexity index is 855. The molecule has 1 fully saturated rings. The van der Waals surface area contributed by atoms with Gasteiger partial charge in [-0.3, -0.25) is 14.3 Å². The van der Waals surface area contributed by atoms with Gasteiger partial charge in [0.25, 0.3) is 5.91 Å². The number of anilines is 2. The van der Waals surface area contributed by atoms with Gasteiger partial charge >= 0.3 is 5.97 Å². The number of carboxylic acid groups (broad SMARTS) is 1. The van der Waals surface area contributed by atoms with Gasteiger partial charge in [0.2, 0.25) is 0 Å². The lowest BCUT2D eigenvalue weighted by molar-refractivity contribution is -0.143. The van der Waals surface area contributed by atoms with Crippen LogP contribution < -0.4 is 11.1 Å². The Kier molecular flexibility index (Phi) is 4.89. The van der Waals surface area contributed by atoms with Crippen molar-refractivity contribution in [2.24, 2.45) is 17.6 Å². The van der Waals surface area contributed by atoms with E-state index >= 15 is 0 Å². The van der Waals surface area contributed by atoms with Crippen molar-refractivity contribution in [1.82, 2.24) is 9.78 Å². The first kappa shape index (κ1) is 17.5. The van der Waals surface area contributed by atoms with Gasteiger partial charge in [0.1, 0.15) is 5.56 Å². The molecule has 0 radical (unpaired) electrons. The molecule has 3 rings (SSSR count). The molecule has 1 heterocycles. The number of nitrogens with zero attached hydrogens (tertiary/aromatic N) is 3. The lowest BCUT2D eigenvalue weighted by Crippen LogP contribution is -2.30. The molecule has 0 saturated heterocycles. The molecule has 1 aliphatic rings. The minimum atomic E-state index is -0.878. The van der Waals surface area contributed by atoms with E-state index in [-0.39, 0.29) is 23.7 Å². The van der Waals surface area contributed by atoms with E-state index in [1.165, 1.54) is 10.9 Å². The number of carboxylic acids is 1. The van der Waals surface area contributed by atoms with Gasteiger partial charge in [-0.1, -0.05) is 18.2 Å². The molecule has 8 heteroatoms. The molecule has 1 unspecified atom stereocenters. The number of aromatic nitrogens is 2. The van der Waals surface area contributed by atoms with Crippen LogP contribution in [-0.4, -0.2) is 26.8 Å². The van der Waals surface area contributed by atoms with Crippen LogP contribution in [0.5, 0.6) is 0 Å². The maximum atomic E-state index is 11.8. The predicted molar refractivity (Wildman–Crippen MR) is 93.6 cm³/mol. The normalized spacial score (nSPS) is 22.3. The van der Waals surface area contributed by atoms with E-state index in [4.69, 9.17) is 5.73 Å². The highest BCUT2D eigenvalue weighted by molar-refractivity contribution is 5.98. The molecule has 1 aromatic heterocycles. The largest absolute Gasteiger partial charge is 0.481 e. The number of primary amides is 1. The van der Waals surface area contributed by atoms with Crippen LogP contribution in [0.4, 0.5) is 11.5 Å². The number of hydrogen-bond acceptors (Lipinski definition) is 5. The van der Waals surface area contributed by atoms with E-state index < -0.39 is 23.8 Å². The summed E-state index contributed by atoms with van der Waals surface area (Å²) < 4.78 is 1.51. The number of carbonyl (C=O) groups excluding carboxylic acids is 1. The van der Waals surface area contributed by atoms with E-state index in [0.29, 0.717) is 12.8 Å². The zero-order valence-electron chi connectivity index (χ0n) is 14.0. The van der Waals surface area contributed by atoms with Crippen LogP contribution in [0.1, 0.15) is 35.7 Å². The fraction of sp³-hybridized carbons (Fsp3) is 0.333. The summed E-state index contributed by atoms with van der Waals surface area (Å²) in [5, 5.41) is 26.2. The van der Waals surface area contributed by atoms with Crippen molar-refractivity contribution in [2.45, 2.75) is 25.3 Å². The highest BCUT2D eigenvalue weighted by Gasteiger charge is 2.36. The maximum absolute atomic E-state index is 11.8. The van der Waals surface area contributed by atoms with Gasteiger partial charge in [0, 0.05) is 11.9 Å². The standard InChI is InChI=1S/C18H19N5O3/c19-9-12-7-6-11(18(25)26)8-15(12)23-10-14(16(20)24)17(22-23)21-13-4-2-1-3-5-13/h1-5,10-12,15H,6-8H2,(H2,20,24)(H,21,22)(H,25,26)/t11?,12-,15+/m1/s1. The second kappa shape index (κ2) is 7.27. The minimum Gasteiger partial charge on any atom is -0.481 e. The van der Waals surface area contributed by atoms with Crippen molar-refractivity contribution >= 4 is 23.4 Å². The average Bonchev–Trinajstić information content (AvgIpc) is 3.06. The summed E-state index contributed by atoms with van der Waals surface area (Å²) in [6, 6.07) is 11.0. The molecule has 8 nitrogen and oxygen atoms in total. The third kappa shape index (κ3) is 3.52. The number of aliphatic carboxylic acids is 1. The SMILES string of the molecule is N#C[C@H]1CCC(C(=O)O)C[C@@H]1n1cc(C(N)=O)c(Nc2ccccc2)n1. The highest BCUT2D eigenvalue weighted by Crippen LogP contribution is 2.37. The first-order chi connectivity index (χ1) is 12.5. The molecule has 4 N–H and O–H groups in total. The van der Waals surface area contributed by atoms with Crippen LogP contribution in [0.25, 0.3) is 0 Å². The summed E-state index contributed by atoms with van der Waals surface area (Å²) in [5.41, 5.74) is 6.40. The molecular formula is C18H19N5O3. The number of rotatable bonds is 5. The van der Waals surface area contributed by atoms with Crippen molar-refractivity contribution in [3.05, 3.63) is 42.1 Å². The summed E-state index contributed by atoms with van der Waals surface area (Å²) >= 11 is 0. The number of amides is 1. The number of benzene rings is 1. The average molecular weight is 353 g/mol. The molecule has 0 spiro atoms. The molecule has 0 aliphatic heterocycles. The van der Waals surface area contributed by atoms with E-state index in [1.807, 2.05) is 30.3 Å². The first-order valence-electron chi connectivity index (χ1n) is 8.33. The third-order valence-electron chi connectivity index (χ3n) is 4.71. The van der Waals surface area contributed by atoms with Gasteiger partial charge < -0.3 is 16.2 Å². The van der Waals surface area contributed by atoms with Crippen LogP contribution in [-0.2, 0) is 4.79 Å². The van der Waals surface area contributed by atoms with Gasteiger partial charge in [0.05, 0.1) is 23.9 Å². The van der Waals surface area contributed by atoms with Gasteiger partial charge in [-0.05, 0) is 31.4 Å². The first-order valence-corrected chi connectivity index (χ1v) is 8.33. The molecule has 3 atom stereocenters. The Morgan fingerprint density at radius 2 is 2.04 bits per heavy atom. The second-order valence-electron chi connectivity index (χ2n) is 6.38. The van der Waals surface area contributed by atoms with Crippen molar-refractivity contribution < 1.29 is 14.7 Å². The van der Waals surface area contributed by atoms with Gasteiger partial charge in [0.15, 0.2) is 5.82 Å². The van der Waals surface area contributed by atoms with Crippen LogP contribution >= 0.6 is 0 Å². The van der Waals surface area contributed by atoms with E-state index in [1.54, 1.807) is 0 Å². The molecule has 1 amide bonds. The van der Waals surface area contributed by atoms with Crippen molar-refractivity contribution in [1.29, 1.82) is 5.26 Å².